The fourth-order valence-electron chi connectivity index (χ4n) is 2.67. The average molecular weight is 345 g/mol. The number of hydrogen-bond acceptors (Lipinski definition) is 3. The van der Waals surface area contributed by atoms with Crippen LogP contribution >= 0.6 is 0 Å². The molecule has 0 bridgehead atoms. The molecule has 0 aliphatic rings. The average Bonchev–Trinajstić information content (AvgIpc) is 2.91. The number of carboxylic acids is 1. The monoisotopic (exact) mass is 345 g/mol. The number of hydrogen-bond donors (Lipinski definition) is 1. The van der Waals surface area contributed by atoms with Crippen molar-refractivity contribution in [1.82, 2.24) is 4.57 Å². The van der Waals surface area contributed by atoms with Crippen LogP contribution in [0.2, 0.25) is 0 Å². The Morgan fingerprint density at radius 2 is 1.88 bits per heavy atom. The molecule has 1 heterocycles. The van der Waals surface area contributed by atoms with Crippen molar-refractivity contribution in [3.63, 3.8) is 0 Å². The lowest BCUT2D eigenvalue weighted by molar-refractivity contribution is -0.131. The largest absolute Gasteiger partial charge is 0.477 e. The molecular formula is C18H13F2NO4. The highest BCUT2D eigenvalue weighted by Gasteiger charge is 2.18. The van der Waals surface area contributed by atoms with E-state index >= 15 is 0 Å². The highest BCUT2D eigenvalue weighted by Crippen LogP contribution is 2.30. The highest BCUT2D eigenvalue weighted by molar-refractivity contribution is 5.97. The smallest absolute Gasteiger partial charge is 0.352 e. The van der Waals surface area contributed by atoms with E-state index in [1.54, 1.807) is 18.2 Å². The van der Waals surface area contributed by atoms with E-state index in [4.69, 9.17) is 4.74 Å². The van der Waals surface area contributed by atoms with Crippen molar-refractivity contribution in [3.05, 3.63) is 65.4 Å². The first-order valence-corrected chi connectivity index (χ1v) is 7.34. The molecule has 0 saturated heterocycles. The molecule has 0 radical (unpaired) electrons. The van der Waals surface area contributed by atoms with Crippen LogP contribution < -0.4 is 4.74 Å². The summed E-state index contributed by atoms with van der Waals surface area (Å²) in [4.78, 5) is 22.8. The summed E-state index contributed by atoms with van der Waals surface area (Å²) < 4.78 is 33.1. The maximum Gasteiger partial charge on any atom is 0.352 e. The summed E-state index contributed by atoms with van der Waals surface area (Å²) >= 11 is 0. The first-order chi connectivity index (χ1) is 11.9. The van der Waals surface area contributed by atoms with Crippen LogP contribution in [0.3, 0.4) is 0 Å². The summed E-state index contributed by atoms with van der Waals surface area (Å²) in [5.74, 6) is -3.47. The molecule has 5 nitrogen and oxygen atoms in total. The van der Waals surface area contributed by atoms with Gasteiger partial charge in [-0.2, -0.15) is 0 Å². The predicted molar refractivity (Wildman–Crippen MR) is 85.7 cm³/mol. The summed E-state index contributed by atoms with van der Waals surface area (Å²) in [6.07, 6.45) is 0. The molecule has 0 amide bonds. The number of carbonyl (C=O) groups is 2. The lowest BCUT2D eigenvalue weighted by atomic mass is 10.2. The molecule has 128 valence electrons. The van der Waals surface area contributed by atoms with Gasteiger partial charge in [0.15, 0.2) is 11.6 Å². The molecular weight excluding hydrogens is 332 g/mol. The number of aromatic nitrogens is 1. The van der Waals surface area contributed by atoms with Gasteiger partial charge in [0.1, 0.15) is 11.4 Å². The summed E-state index contributed by atoms with van der Waals surface area (Å²) in [7, 11) is 0. The number of aromatic carboxylic acids is 1. The fourth-order valence-corrected chi connectivity index (χ4v) is 2.67. The lowest BCUT2D eigenvalue weighted by Gasteiger charge is -2.10. The van der Waals surface area contributed by atoms with Crippen molar-refractivity contribution >= 4 is 22.8 Å². The Morgan fingerprint density at radius 3 is 2.52 bits per heavy atom. The molecule has 1 aromatic heterocycles. The van der Waals surface area contributed by atoms with Crippen LogP contribution in [-0.2, 0) is 11.3 Å². The minimum Gasteiger partial charge on any atom is -0.477 e. The van der Waals surface area contributed by atoms with Crippen molar-refractivity contribution in [3.8, 4) is 5.75 Å². The fraction of sp³-hybridized carbons (Fsp3) is 0.111. The molecule has 0 fully saturated rings. The van der Waals surface area contributed by atoms with E-state index in [9.17, 15) is 23.5 Å². The lowest BCUT2D eigenvalue weighted by Crippen LogP contribution is -2.09. The maximum atomic E-state index is 13.4. The molecule has 0 unspecified atom stereocenters. The Kier molecular flexibility index (Phi) is 4.22. The number of ether oxygens (including phenoxy) is 1. The SMILES string of the molecule is CC(=O)Oc1cccc2c1cc(C(=O)O)n2Cc1ccc(F)c(F)c1. The van der Waals surface area contributed by atoms with Crippen molar-refractivity contribution in [2.24, 2.45) is 0 Å². The van der Waals surface area contributed by atoms with Gasteiger partial charge in [-0.3, -0.25) is 4.79 Å². The number of esters is 1. The molecule has 0 aliphatic heterocycles. The second-order valence-corrected chi connectivity index (χ2v) is 5.45. The molecule has 0 aliphatic carbocycles. The maximum absolute atomic E-state index is 13.4. The third-order valence-electron chi connectivity index (χ3n) is 3.70. The summed E-state index contributed by atoms with van der Waals surface area (Å²) in [6, 6.07) is 9.60. The van der Waals surface area contributed by atoms with E-state index in [2.05, 4.69) is 0 Å². The Hall–Kier alpha value is -3.22. The van der Waals surface area contributed by atoms with Gasteiger partial charge in [0, 0.05) is 18.9 Å². The number of carboxylic acid groups (broad SMARTS) is 1. The predicted octanol–water partition coefficient (Wildman–Crippen LogP) is 3.59. The number of halogens is 2. The van der Waals surface area contributed by atoms with Gasteiger partial charge in [0.05, 0.1) is 5.52 Å². The molecule has 0 atom stereocenters. The molecule has 25 heavy (non-hydrogen) atoms. The third kappa shape index (κ3) is 3.21. The van der Waals surface area contributed by atoms with Gasteiger partial charge in [-0.25, -0.2) is 13.6 Å². The van der Waals surface area contributed by atoms with E-state index in [-0.39, 0.29) is 18.0 Å². The summed E-state index contributed by atoms with van der Waals surface area (Å²) in [5, 5.41) is 9.90. The standard InChI is InChI=1S/C18H13F2NO4/c1-10(22)25-17-4-2-3-15-12(17)8-16(18(23)24)21(15)9-11-5-6-13(19)14(20)7-11/h2-8H,9H2,1H3,(H,23,24). The first-order valence-electron chi connectivity index (χ1n) is 7.34. The minimum absolute atomic E-state index is 0.0197. The topological polar surface area (TPSA) is 68.5 Å². The van der Waals surface area contributed by atoms with E-state index < -0.39 is 23.6 Å². The third-order valence-corrected chi connectivity index (χ3v) is 3.70. The Bertz CT molecular complexity index is 994. The normalized spacial score (nSPS) is 10.8. The van der Waals surface area contributed by atoms with Gasteiger partial charge in [-0.1, -0.05) is 12.1 Å². The zero-order valence-electron chi connectivity index (χ0n) is 13.1. The van der Waals surface area contributed by atoms with Gasteiger partial charge in [-0.15, -0.1) is 0 Å². The molecule has 0 spiro atoms. The van der Waals surface area contributed by atoms with Crippen LogP contribution in [0, 0.1) is 11.6 Å². The van der Waals surface area contributed by atoms with Crippen LogP contribution in [0.5, 0.6) is 5.75 Å². The number of benzene rings is 2. The molecule has 0 saturated carbocycles. The summed E-state index contributed by atoms with van der Waals surface area (Å²) in [6.45, 7) is 1.26. The van der Waals surface area contributed by atoms with Gasteiger partial charge in [0.2, 0.25) is 0 Å². The van der Waals surface area contributed by atoms with Crippen LogP contribution in [0.15, 0.2) is 42.5 Å². The van der Waals surface area contributed by atoms with Crippen LogP contribution in [-0.4, -0.2) is 21.6 Å². The van der Waals surface area contributed by atoms with Crippen LogP contribution in [0.1, 0.15) is 23.0 Å². The number of fused-ring (bicyclic) bond motifs is 1. The highest BCUT2D eigenvalue weighted by atomic mass is 19.2. The van der Waals surface area contributed by atoms with Crippen LogP contribution in [0.4, 0.5) is 8.78 Å². The van der Waals surface area contributed by atoms with Crippen molar-refractivity contribution in [2.45, 2.75) is 13.5 Å². The first kappa shape index (κ1) is 16.6. The zero-order valence-corrected chi connectivity index (χ0v) is 13.1. The van der Waals surface area contributed by atoms with Crippen molar-refractivity contribution < 1.29 is 28.2 Å². The molecule has 3 aromatic rings. The second kappa shape index (κ2) is 6.35. The zero-order chi connectivity index (χ0) is 18.1. The van der Waals surface area contributed by atoms with Crippen molar-refractivity contribution in [2.75, 3.05) is 0 Å². The number of nitrogens with zero attached hydrogens (tertiary/aromatic N) is 1. The van der Waals surface area contributed by atoms with E-state index in [0.29, 0.717) is 16.5 Å². The molecule has 2 aromatic carbocycles. The molecule has 7 heteroatoms. The molecule has 1 N–H and O–H groups in total. The Morgan fingerprint density at radius 1 is 1.12 bits per heavy atom. The van der Waals surface area contributed by atoms with Gasteiger partial charge >= 0.3 is 11.9 Å². The Balaban J connectivity index is 2.15. The summed E-state index contributed by atoms with van der Waals surface area (Å²) in [5.41, 5.74) is 0.844. The Labute approximate surface area is 141 Å². The van der Waals surface area contributed by atoms with Gasteiger partial charge in [0.25, 0.3) is 0 Å². The second-order valence-electron chi connectivity index (χ2n) is 5.45. The van der Waals surface area contributed by atoms with Gasteiger partial charge in [-0.05, 0) is 35.9 Å². The van der Waals surface area contributed by atoms with Gasteiger partial charge < -0.3 is 14.4 Å². The van der Waals surface area contributed by atoms with E-state index in [1.165, 1.54) is 23.6 Å². The van der Waals surface area contributed by atoms with Crippen LogP contribution in [0.25, 0.3) is 10.9 Å². The van der Waals surface area contributed by atoms with E-state index in [0.717, 1.165) is 12.1 Å². The number of rotatable bonds is 4. The van der Waals surface area contributed by atoms with Crippen molar-refractivity contribution in [1.29, 1.82) is 0 Å². The van der Waals surface area contributed by atoms with E-state index in [1.807, 2.05) is 0 Å². The number of carbonyl (C=O) groups excluding carboxylic acids is 1. The minimum atomic E-state index is -1.19. The quantitative estimate of drug-likeness (QED) is 0.580. The molecule has 3 rings (SSSR count).